The van der Waals surface area contributed by atoms with E-state index < -0.39 is 0 Å². The standard InChI is InChI=1S/C15H23Cl2N/c1-5-9-18-14(15(3,4)6-2)11-7-8-12(16)13(17)10-11/h7-8,10,14,18H,5-6,9H2,1-4H3. The van der Waals surface area contributed by atoms with Gasteiger partial charge in [0.25, 0.3) is 0 Å². The van der Waals surface area contributed by atoms with Crippen LogP contribution in [0.15, 0.2) is 18.2 Å². The van der Waals surface area contributed by atoms with Crippen LogP contribution in [0.5, 0.6) is 0 Å². The minimum atomic E-state index is 0.187. The van der Waals surface area contributed by atoms with Gasteiger partial charge in [-0.1, -0.05) is 57.0 Å². The summed E-state index contributed by atoms with van der Waals surface area (Å²) in [4.78, 5) is 0. The maximum atomic E-state index is 6.13. The van der Waals surface area contributed by atoms with Gasteiger partial charge in [-0.2, -0.15) is 0 Å². The molecule has 102 valence electrons. The number of halogens is 2. The Morgan fingerprint density at radius 2 is 1.83 bits per heavy atom. The largest absolute Gasteiger partial charge is 0.309 e. The summed E-state index contributed by atoms with van der Waals surface area (Å²) in [5, 5.41) is 4.87. The first kappa shape index (κ1) is 15.8. The van der Waals surface area contributed by atoms with E-state index in [4.69, 9.17) is 23.2 Å². The van der Waals surface area contributed by atoms with Gasteiger partial charge >= 0.3 is 0 Å². The second kappa shape index (κ2) is 6.79. The second-order valence-electron chi connectivity index (χ2n) is 5.40. The van der Waals surface area contributed by atoms with Crippen molar-refractivity contribution >= 4 is 23.2 Å². The summed E-state index contributed by atoms with van der Waals surface area (Å²) in [6.07, 6.45) is 2.23. The summed E-state index contributed by atoms with van der Waals surface area (Å²) in [6.45, 7) is 9.97. The summed E-state index contributed by atoms with van der Waals surface area (Å²) in [6, 6.07) is 6.23. The molecule has 0 aliphatic rings. The van der Waals surface area contributed by atoms with Crippen molar-refractivity contribution in [2.45, 2.75) is 46.6 Å². The van der Waals surface area contributed by atoms with Crippen LogP contribution in [0.3, 0.4) is 0 Å². The molecule has 0 aliphatic carbocycles. The summed E-state index contributed by atoms with van der Waals surface area (Å²) in [7, 11) is 0. The summed E-state index contributed by atoms with van der Waals surface area (Å²) >= 11 is 12.1. The Labute approximate surface area is 121 Å². The third-order valence-corrected chi connectivity index (χ3v) is 4.31. The van der Waals surface area contributed by atoms with Crippen molar-refractivity contribution in [3.05, 3.63) is 33.8 Å². The first-order valence-corrected chi connectivity index (χ1v) is 7.36. The Bertz CT molecular complexity index is 388. The molecule has 0 amide bonds. The molecule has 1 N–H and O–H groups in total. The van der Waals surface area contributed by atoms with Crippen LogP contribution in [0.1, 0.15) is 52.1 Å². The molecule has 0 saturated heterocycles. The highest BCUT2D eigenvalue weighted by Crippen LogP contribution is 2.38. The molecule has 1 aromatic carbocycles. The number of nitrogens with one attached hydrogen (secondary N) is 1. The fourth-order valence-electron chi connectivity index (χ4n) is 2.03. The quantitative estimate of drug-likeness (QED) is 0.731. The SMILES string of the molecule is CCCNC(c1ccc(Cl)c(Cl)c1)C(C)(C)CC. The molecule has 0 saturated carbocycles. The first-order valence-electron chi connectivity index (χ1n) is 6.60. The van der Waals surface area contributed by atoms with Crippen molar-refractivity contribution in [2.75, 3.05) is 6.54 Å². The molecule has 0 fully saturated rings. The van der Waals surface area contributed by atoms with E-state index in [1.54, 1.807) is 0 Å². The maximum Gasteiger partial charge on any atom is 0.0595 e. The predicted octanol–water partition coefficient (Wildman–Crippen LogP) is 5.47. The van der Waals surface area contributed by atoms with Crippen molar-refractivity contribution in [1.29, 1.82) is 0 Å². The van der Waals surface area contributed by atoms with Gasteiger partial charge in [0.2, 0.25) is 0 Å². The maximum absolute atomic E-state index is 6.13. The minimum Gasteiger partial charge on any atom is -0.309 e. The predicted molar refractivity (Wildman–Crippen MR) is 81.6 cm³/mol. The van der Waals surface area contributed by atoms with Gasteiger partial charge in [-0.15, -0.1) is 0 Å². The first-order chi connectivity index (χ1) is 8.42. The third kappa shape index (κ3) is 3.88. The normalized spacial score (nSPS) is 13.7. The van der Waals surface area contributed by atoms with E-state index in [-0.39, 0.29) is 5.41 Å². The molecule has 1 atom stereocenters. The number of rotatable bonds is 6. The average Bonchev–Trinajstić information content (AvgIpc) is 2.34. The van der Waals surface area contributed by atoms with E-state index in [1.165, 1.54) is 5.56 Å². The molecule has 0 heterocycles. The van der Waals surface area contributed by atoms with Gasteiger partial charge in [0.1, 0.15) is 0 Å². The van der Waals surface area contributed by atoms with Crippen LogP contribution in [0.2, 0.25) is 10.0 Å². The Kier molecular flexibility index (Phi) is 5.97. The molecule has 0 spiro atoms. The lowest BCUT2D eigenvalue weighted by Crippen LogP contribution is -2.34. The fourth-order valence-corrected chi connectivity index (χ4v) is 2.34. The highest BCUT2D eigenvalue weighted by Gasteiger charge is 2.28. The van der Waals surface area contributed by atoms with Crippen LogP contribution in [0.4, 0.5) is 0 Å². The molecule has 18 heavy (non-hydrogen) atoms. The molecule has 1 unspecified atom stereocenters. The van der Waals surface area contributed by atoms with Gasteiger partial charge in [0, 0.05) is 6.04 Å². The van der Waals surface area contributed by atoms with E-state index in [2.05, 4.69) is 39.1 Å². The smallest absolute Gasteiger partial charge is 0.0595 e. The molecule has 0 aliphatic heterocycles. The van der Waals surface area contributed by atoms with E-state index in [9.17, 15) is 0 Å². The topological polar surface area (TPSA) is 12.0 Å². The summed E-state index contributed by atoms with van der Waals surface area (Å²) in [5.74, 6) is 0. The van der Waals surface area contributed by atoms with Crippen LogP contribution in [-0.2, 0) is 0 Å². The second-order valence-corrected chi connectivity index (χ2v) is 6.22. The average molecular weight is 288 g/mol. The fraction of sp³-hybridized carbons (Fsp3) is 0.600. The van der Waals surface area contributed by atoms with Gasteiger partial charge in [0.15, 0.2) is 0 Å². The van der Waals surface area contributed by atoms with E-state index >= 15 is 0 Å². The van der Waals surface area contributed by atoms with E-state index in [0.717, 1.165) is 19.4 Å². The zero-order chi connectivity index (χ0) is 13.8. The van der Waals surface area contributed by atoms with Gasteiger partial charge < -0.3 is 5.32 Å². The monoisotopic (exact) mass is 287 g/mol. The Balaban J connectivity index is 3.05. The molecule has 0 bridgehead atoms. The highest BCUT2D eigenvalue weighted by atomic mass is 35.5. The molecule has 3 heteroatoms. The van der Waals surface area contributed by atoms with Crippen molar-refractivity contribution in [1.82, 2.24) is 5.32 Å². The van der Waals surface area contributed by atoms with Crippen LogP contribution in [0, 0.1) is 5.41 Å². The Morgan fingerprint density at radius 1 is 1.17 bits per heavy atom. The summed E-state index contributed by atoms with van der Waals surface area (Å²) < 4.78 is 0. The Hall–Kier alpha value is -0.240. The lowest BCUT2D eigenvalue weighted by Gasteiger charge is -2.35. The molecule has 1 nitrogen and oxygen atoms in total. The number of hydrogen-bond acceptors (Lipinski definition) is 1. The van der Waals surface area contributed by atoms with Gasteiger partial charge in [0.05, 0.1) is 10.0 Å². The van der Waals surface area contributed by atoms with Gasteiger partial charge in [-0.25, -0.2) is 0 Å². The number of benzene rings is 1. The third-order valence-electron chi connectivity index (χ3n) is 3.57. The lowest BCUT2D eigenvalue weighted by molar-refractivity contribution is 0.235. The number of hydrogen-bond donors (Lipinski definition) is 1. The summed E-state index contributed by atoms with van der Waals surface area (Å²) in [5.41, 5.74) is 1.40. The highest BCUT2D eigenvalue weighted by molar-refractivity contribution is 6.42. The van der Waals surface area contributed by atoms with Crippen LogP contribution in [0.25, 0.3) is 0 Å². The van der Waals surface area contributed by atoms with Crippen molar-refractivity contribution in [3.63, 3.8) is 0 Å². The van der Waals surface area contributed by atoms with E-state index in [1.807, 2.05) is 12.1 Å². The van der Waals surface area contributed by atoms with Crippen molar-refractivity contribution < 1.29 is 0 Å². The lowest BCUT2D eigenvalue weighted by atomic mass is 9.78. The molecule has 1 rings (SSSR count). The minimum absolute atomic E-state index is 0.187. The molecule has 0 radical (unpaired) electrons. The van der Waals surface area contributed by atoms with Crippen molar-refractivity contribution in [2.24, 2.45) is 5.41 Å². The van der Waals surface area contributed by atoms with E-state index in [0.29, 0.717) is 16.1 Å². The van der Waals surface area contributed by atoms with Crippen molar-refractivity contribution in [3.8, 4) is 0 Å². The molecular formula is C15H23Cl2N. The van der Waals surface area contributed by atoms with Crippen LogP contribution >= 0.6 is 23.2 Å². The van der Waals surface area contributed by atoms with Crippen LogP contribution in [-0.4, -0.2) is 6.54 Å². The van der Waals surface area contributed by atoms with Crippen LogP contribution < -0.4 is 5.32 Å². The molecule has 1 aromatic rings. The Morgan fingerprint density at radius 3 is 2.33 bits per heavy atom. The zero-order valence-corrected chi connectivity index (χ0v) is 13.2. The van der Waals surface area contributed by atoms with Gasteiger partial charge in [-0.05, 0) is 42.5 Å². The molecular weight excluding hydrogens is 265 g/mol. The zero-order valence-electron chi connectivity index (χ0n) is 11.7. The molecule has 0 aromatic heterocycles. The van der Waals surface area contributed by atoms with Gasteiger partial charge in [-0.3, -0.25) is 0 Å².